The number of hydrogen-bond donors (Lipinski definition) is 3. The molecule has 0 atom stereocenters. The second-order valence-electron chi connectivity index (χ2n) is 17.2. The Hall–Kier alpha value is -3.92. The standard InChI is InChI=1S/C43H52O4/c1-40(2,3)32-16-24-12-26-18-34-20-28(37(26)45)14-30-22-33(41(4,5)6)23-31(39(30)47-11)15-29-21-35(43(9,10)42(34,7)8)19-27(38(29)46)13-25(17-32)36(24)44/h16-23,44-46H,12-15H2,1-11H3. The van der Waals surface area contributed by atoms with Crippen LogP contribution in [0.5, 0.6) is 23.0 Å². The molecule has 0 heterocycles. The number of phenolic OH excluding ortho intramolecular Hbond substituents is 3. The number of fused-ring (bicyclic) bond motifs is 9. The van der Waals surface area contributed by atoms with Crippen molar-refractivity contribution in [1.82, 2.24) is 0 Å². The summed E-state index contributed by atoms with van der Waals surface area (Å²) < 4.78 is 6.17. The Morgan fingerprint density at radius 3 is 1.00 bits per heavy atom. The van der Waals surface area contributed by atoms with Gasteiger partial charge in [0.15, 0.2) is 0 Å². The maximum absolute atomic E-state index is 12.1. The number of rotatable bonds is 1. The minimum absolute atomic E-state index is 0.121. The van der Waals surface area contributed by atoms with Gasteiger partial charge in [-0.05, 0) is 88.4 Å². The van der Waals surface area contributed by atoms with Gasteiger partial charge in [0, 0.05) is 25.7 Å². The van der Waals surface area contributed by atoms with Crippen LogP contribution in [0.15, 0.2) is 48.5 Å². The Morgan fingerprint density at radius 1 is 0.468 bits per heavy atom. The highest BCUT2D eigenvalue weighted by molar-refractivity contribution is 5.60. The van der Waals surface area contributed by atoms with Gasteiger partial charge in [-0.1, -0.05) is 118 Å². The predicted octanol–water partition coefficient (Wildman–Crippen LogP) is 9.65. The van der Waals surface area contributed by atoms with Crippen molar-refractivity contribution in [1.29, 1.82) is 0 Å². The Kier molecular flexibility index (Phi) is 7.58. The largest absolute Gasteiger partial charge is 0.507 e. The van der Waals surface area contributed by atoms with Crippen LogP contribution in [0.1, 0.15) is 136 Å². The number of phenols is 3. The van der Waals surface area contributed by atoms with Crippen molar-refractivity contribution in [2.24, 2.45) is 0 Å². The summed E-state index contributed by atoms with van der Waals surface area (Å²) in [5, 5.41) is 36.1. The van der Waals surface area contributed by atoms with Crippen molar-refractivity contribution < 1.29 is 20.1 Å². The van der Waals surface area contributed by atoms with Crippen LogP contribution in [-0.4, -0.2) is 22.4 Å². The first-order valence-corrected chi connectivity index (χ1v) is 17.0. The lowest BCUT2D eigenvalue weighted by molar-refractivity contribution is 0.301. The molecule has 2 aliphatic rings. The van der Waals surface area contributed by atoms with Crippen molar-refractivity contribution in [2.75, 3.05) is 7.11 Å². The topological polar surface area (TPSA) is 69.9 Å². The lowest BCUT2D eigenvalue weighted by Crippen LogP contribution is -2.40. The van der Waals surface area contributed by atoms with Gasteiger partial charge in [-0.2, -0.15) is 0 Å². The smallest absolute Gasteiger partial charge is 0.125 e. The maximum Gasteiger partial charge on any atom is 0.125 e. The van der Waals surface area contributed by atoms with Crippen LogP contribution in [0, 0.1) is 0 Å². The lowest BCUT2D eigenvalue weighted by Gasteiger charge is -2.43. The van der Waals surface area contributed by atoms with Crippen LogP contribution in [0.4, 0.5) is 0 Å². The van der Waals surface area contributed by atoms with E-state index in [0.29, 0.717) is 25.7 Å². The van der Waals surface area contributed by atoms with Gasteiger partial charge in [0.25, 0.3) is 0 Å². The Morgan fingerprint density at radius 2 is 0.723 bits per heavy atom. The summed E-state index contributed by atoms with van der Waals surface area (Å²) in [6, 6.07) is 17.3. The summed E-state index contributed by atoms with van der Waals surface area (Å²) in [5.74, 6) is 1.54. The molecule has 6 rings (SSSR count). The van der Waals surface area contributed by atoms with E-state index in [-0.39, 0.29) is 38.9 Å². The third kappa shape index (κ3) is 5.48. The highest BCUT2D eigenvalue weighted by Crippen LogP contribution is 2.49. The van der Waals surface area contributed by atoms with Crippen LogP contribution in [0.2, 0.25) is 0 Å². The quantitative estimate of drug-likeness (QED) is 0.172. The third-order valence-electron chi connectivity index (χ3n) is 11.5. The highest BCUT2D eigenvalue weighted by atomic mass is 16.5. The summed E-state index contributed by atoms with van der Waals surface area (Å²) in [7, 11) is 1.72. The minimum Gasteiger partial charge on any atom is -0.507 e. The summed E-state index contributed by atoms with van der Waals surface area (Å²) in [6.07, 6.45) is 1.73. The zero-order valence-corrected chi connectivity index (χ0v) is 30.2. The van der Waals surface area contributed by atoms with E-state index in [1.807, 2.05) is 0 Å². The van der Waals surface area contributed by atoms with Crippen molar-refractivity contribution in [3.05, 3.63) is 115 Å². The molecule has 0 unspecified atom stereocenters. The molecule has 4 heteroatoms. The molecule has 0 spiro atoms. The van der Waals surface area contributed by atoms with Gasteiger partial charge in [0.1, 0.15) is 23.0 Å². The van der Waals surface area contributed by atoms with E-state index in [1.165, 1.54) is 5.56 Å². The molecule has 47 heavy (non-hydrogen) atoms. The zero-order valence-electron chi connectivity index (χ0n) is 30.2. The molecule has 0 saturated heterocycles. The first-order chi connectivity index (χ1) is 21.7. The van der Waals surface area contributed by atoms with E-state index in [1.54, 1.807) is 7.11 Å². The predicted molar refractivity (Wildman–Crippen MR) is 192 cm³/mol. The fraction of sp³-hybridized carbons (Fsp3) is 0.442. The van der Waals surface area contributed by atoms with Crippen LogP contribution >= 0.6 is 0 Å². The average Bonchev–Trinajstić information content (AvgIpc) is 2.96. The van der Waals surface area contributed by atoms with Gasteiger partial charge in [-0.25, -0.2) is 0 Å². The molecular weight excluding hydrogens is 580 g/mol. The van der Waals surface area contributed by atoms with Gasteiger partial charge in [0.2, 0.25) is 0 Å². The van der Waals surface area contributed by atoms with Crippen LogP contribution in [0.3, 0.4) is 0 Å². The monoisotopic (exact) mass is 632 g/mol. The fourth-order valence-electron chi connectivity index (χ4n) is 7.50. The SMILES string of the molecule is COc1c2cc(C(C)(C)C)cc1Cc1cc3cc(c1O)Cc1cc(C(C)(C)C)cc(c1O)Cc1cc(cc(c1O)C2)C(C)(C)C3(C)C. The molecule has 4 aromatic rings. The van der Waals surface area contributed by atoms with E-state index < -0.39 is 0 Å². The van der Waals surface area contributed by atoms with Crippen LogP contribution in [0.25, 0.3) is 0 Å². The molecule has 4 nitrogen and oxygen atoms in total. The first kappa shape index (κ1) is 33.0. The molecule has 3 N–H and O–H groups in total. The Labute approximate surface area is 281 Å². The molecule has 0 fully saturated rings. The molecule has 4 aromatic carbocycles. The van der Waals surface area contributed by atoms with Crippen molar-refractivity contribution in [3.63, 3.8) is 0 Å². The number of benzene rings is 4. The summed E-state index contributed by atoms with van der Waals surface area (Å²) in [5.41, 5.74) is 10.4. The second kappa shape index (κ2) is 10.8. The van der Waals surface area contributed by atoms with E-state index in [0.717, 1.165) is 66.9 Å². The first-order valence-electron chi connectivity index (χ1n) is 17.0. The number of methoxy groups -OCH3 is 1. The maximum atomic E-state index is 12.1. The Bertz CT molecular complexity index is 1790. The van der Waals surface area contributed by atoms with Crippen LogP contribution in [-0.2, 0) is 47.3 Å². The third-order valence-corrected chi connectivity index (χ3v) is 11.5. The molecule has 0 aliphatic heterocycles. The van der Waals surface area contributed by atoms with Crippen molar-refractivity contribution in [3.8, 4) is 23.0 Å². The summed E-state index contributed by atoms with van der Waals surface area (Å²) in [6.45, 7) is 22.3. The molecule has 0 saturated carbocycles. The minimum atomic E-state index is -0.367. The molecular formula is C43H52O4. The van der Waals surface area contributed by atoms with Crippen molar-refractivity contribution >= 4 is 0 Å². The molecule has 0 amide bonds. The fourth-order valence-corrected chi connectivity index (χ4v) is 7.50. The van der Waals surface area contributed by atoms with Gasteiger partial charge in [-0.3, -0.25) is 0 Å². The normalized spacial score (nSPS) is 16.7. The summed E-state index contributed by atoms with van der Waals surface area (Å²) >= 11 is 0. The molecule has 2 aliphatic carbocycles. The van der Waals surface area contributed by atoms with Gasteiger partial charge >= 0.3 is 0 Å². The van der Waals surface area contributed by atoms with E-state index in [9.17, 15) is 15.3 Å². The zero-order chi connectivity index (χ0) is 34.4. The molecule has 0 aromatic heterocycles. The molecule has 0 radical (unpaired) electrons. The second-order valence-corrected chi connectivity index (χ2v) is 17.2. The van der Waals surface area contributed by atoms with E-state index >= 15 is 0 Å². The average molecular weight is 633 g/mol. The molecule has 10 bridgehead atoms. The van der Waals surface area contributed by atoms with E-state index in [2.05, 4.69) is 118 Å². The van der Waals surface area contributed by atoms with Crippen LogP contribution < -0.4 is 4.74 Å². The van der Waals surface area contributed by atoms with Gasteiger partial charge in [0.05, 0.1) is 7.11 Å². The van der Waals surface area contributed by atoms with Gasteiger partial charge in [-0.15, -0.1) is 0 Å². The lowest BCUT2D eigenvalue weighted by atomic mass is 9.60. The number of hydrogen-bond acceptors (Lipinski definition) is 4. The highest BCUT2D eigenvalue weighted by Gasteiger charge is 2.42. The van der Waals surface area contributed by atoms with E-state index in [4.69, 9.17) is 4.74 Å². The number of aromatic hydroxyl groups is 3. The summed E-state index contributed by atoms with van der Waals surface area (Å²) in [4.78, 5) is 0. The number of ether oxygens (including phenoxy) is 1. The van der Waals surface area contributed by atoms with Gasteiger partial charge < -0.3 is 20.1 Å². The Balaban J connectivity index is 1.81. The molecule has 248 valence electrons. The van der Waals surface area contributed by atoms with Crippen molar-refractivity contribution in [2.45, 2.75) is 117 Å².